The van der Waals surface area contributed by atoms with E-state index >= 15 is 0 Å². The summed E-state index contributed by atoms with van der Waals surface area (Å²) in [5.41, 5.74) is 2.77. The minimum atomic E-state index is 0.0696. The number of carbonyl (C=O) groups excluding carboxylic acids is 2. The van der Waals surface area contributed by atoms with Gasteiger partial charge in [0.15, 0.2) is 5.78 Å². The van der Waals surface area contributed by atoms with E-state index in [-0.39, 0.29) is 5.78 Å². The Balaban J connectivity index is 1.99. The molecule has 0 N–H and O–H groups in total. The van der Waals surface area contributed by atoms with Crippen molar-refractivity contribution < 1.29 is 19.1 Å². The summed E-state index contributed by atoms with van der Waals surface area (Å²) < 4.78 is 11.7. The van der Waals surface area contributed by atoms with Crippen LogP contribution in [0, 0.1) is 5.92 Å². The zero-order chi connectivity index (χ0) is 21.8. The summed E-state index contributed by atoms with van der Waals surface area (Å²) in [5, 5.41) is 0.642. The third kappa shape index (κ3) is 7.92. The highest BCUT2D eigenvalue weighted by molar-refractivity contribution is 6.31. The Morgan fingerprint density at radius 2 is 1.90 bits per heavy atom. The smallest absolute Gasteiger partial charge is 0.159 e. The van der Waals surface area contributed by atoms with Gasteiger partial charge in [-0.25, -0.2) is 0 Å². The molecule has 0 saturated heterocycles. The first kappa shape index (κ1) is 24.1. The molecule has 0 aromatic heterocycles. The highest BCUT2D eigenvalue weighted by Crippen LogP contribution is 2.28. The van der Waals surface area contributed by atoms with Gasteiger partial charge in [-0.05, 0) is 56.7 Å². The second-order valence-corrected chi connectivity index (χ2v) is 7.85. The number of unbranched alkanes of at least 4 members (excludes halogenated alkanes) is 2. The summed E-state index contributed by atoms with van der Waals surface area (Å²) in [6, 6.07) is 13.4. The summed E-state index contributed by atoms with van der Waals surface area (Å²) in [4.78, 5) is 22.1. The standard InChI is InChI=1S/C25H31ClO4/c1-3-30-25-10-7-9-24(26)23(25)18-29-17-21(8-5-4-6-15-27)16-20-11-13-22(14-12-20)19(2)28/h7,9-15,21H,3-6,8,16-18H2,1-2H3. The van der Waals surface area contributed by atoms with Crippen molar-refractivity contribution in [1.29, 1.82) is 0 Å². The third-order valence-corrected chi connectivity index (χ3v) is 5.40. The molecule has 0 aliphatic rings. The lowest BCUT2D eigenvalue weighted by Crippen LogP contribution is -2.14. The Kier molecular flexibility index (Phi) is 10.6. The first-order valence-corrected chi connectivity index (χ1v) is 10.9. The molecule has 0 saturated carbocycles. The summed E-state index contributed by atoms with van der Waals surface area (Å²) in [6.07, 6.45) is 5.27. The average molecular weight is 431 g/mol. The van der Waals surface area contributed by atoms with Gasteiger partial charge < -0.3 is 14.3 Å². The molecule has 0 aliphatic carbocycles. The Bertz CT molecular complexity index is 801. The van der Waals surface area contributed by atoms with Crippen LogP contribution in [0.2, 0.25) is 5.02 Å². The second-order valence-electron chi connectivity index (χ2n) is 7.44. The molecule has 0 bridgehead atoms. The van der Waals surface area contributed by atoms with Crippen molar-refractivity contribution in [3.8, 4) is 5.75 Å². The predicted molar refractivity (Wildman–Crippen MR) is 120 cm³/mol. The van der Waals surface area contributed by atoms with E-state index in [2.05, 4.69) is 0 Å². The lowest BCUT2D eigenvalue weighted by Gasteiger charge is -2.19. The number of aldehydes is 1. The van der Waals surface area contributed by atoms with Crippen molar-refractivity contribution in [2.75, 3.05) is 13.2 Å². The number of hydrogen-bond donors (Lipinski definition) is 0. The quantitative estimate of drug-likeness (QED) is 0.207. The lowest BCUT2D eigenvalue weighted by molar-refractivity contribution is -0.107. The Hall–Kier alpha value is -2.17. The lowest BCUT2D eigenvalue weighted by atomic mass is 9.93. The molecule has 5 heteroatoms. The number of hydrogen-bond acceptors (Lipinski definition) is 4. The molecule has 0 aliphatic heterocycles. The van der Waals surface area contributed by atoms with Gasteiger partial charge in [0.05, 0.1) is 19.8 Å². The molecule has 2 aromatic rings. The second kappa shape index (κ2) is 13.2. The average Bonchev–Trinajstić information content (AvgIpc) is 2.73. The zero-order valence-corrected chi connectivity index (χ0v) is 18.6. The molecule has 2 rings (SSSR count). The fraction of sp³-hybridized carbons (Fsp3) is 0.440. The molecule has 0 fully saturated rings. The topological polar surface area (TPSA) is 52.6 Å². The van der Waals surface area contributed by atoms with Crippen LogP contribution in [0.4, 0.5) is 0 Å². The number of benzene rings is 2. The van der Waals surface area contributed by atoms with E-state index < -0.39 is 0 Å². The van der Waals surface area contributed by atoms with Gasteiger partial charge in [-0.2, -0.15) is 0 Å². The Labute approximate surface area is 184 Å². The number of Topliss-reactive ketones (excluding diaryl/α,β-unsaturated/α-hetero) is 1. The largest absolute Gasteiger partial charge is 0.493 e. The van der Waals surface area contributed by atoms with Gasteiger partial charge in [0.2, 0.25) is 0 Å². The maximum atomic E-state index is 11.5. The highest BCUT2D eigenvalue weighted by atomic mass is 35.5. The van der Waals surface area contributed by atoms with Crippen molar-refractivity contribution in [1.82, 2.24) is 0 Å². The molecule has 0 radical (unpaired) electrons. The van der Waals surface area contributed by atoms with Gasteiger partial charge in [0.1, 0.15) is 12.0 Å². The Morgan fingerprint density at radius 1 is 1.13 bits per heavy atom. The van der Waals surface area contributed by atoms with E-state index in [1.54, 1.807) is 6.92 Å². The molecule has 0 heterocycles. The number of halogens is 1. The van der Waals surface area contributed by atoms with Crippen LogP contribution < -0.4 is 4.74 Å². The monoisotopic (exact) mass is 430 g/mol. The van der Waals surface area contributed by atoms with E-state index in [1.807, 2.05) is 49.4 Å². The van der Waals surface area contributed by atoms with Gasteiger partial charge in [0.25, 0.3) is 0 Å². The zero-order valence-electron chi connectivity index (χ0n) is 17.9. The number of ether oxygens (including phenoxy) is 2. The van der Waals surface area contributed by atoms with E-state index in [1.165, 1.54) is 5.56 Å². The molecule has 0 amide bonds. The van der Waals surface area contributed by atoms with E-state index in [0.717, 1.165) is 48.8 Å². The van der Waals surface area contributed by atoms with Crippen LogP contribution in [0.5, 0.6) is 5.75 Å². The molecule has 162 valence electrons. The van der Waals surface area contributed by atoms with Crippen molar-refractivity contribution in [2.24, 2.45) is 5.92 Å². The van der Waals surface area contributed by atoms with Gasteiger partial charge in [-0.1, -0.05) is 48.4 Å². The molecule has 0 spiro atoms. The Morgan fingerprint density at radius 3 is 2.57 bits per heavy atom. The SMILES string of the molecule is CCOc1cccc(Cl)c1COCC(CCCCC=O)Cc1ccc(C(C)=O)cc1. The van der Waals surface area contributed by atoms with E-state index in [0.29, 0.717) is 37.2 Å². The van der Waals surface area contributed by atoms with Crippen LogP contribution in [0.1, 0.15) is 61.0 Å². The molecule has 4 nitrogen and oxygen atoms in total. The summed E-state index contributed by atoms with van der Waals surface area (Å²) in [6.45, 7) is 5.07. The van der Waals surface area contributed by atoms with E-state index in [4.69, 9.17) is 21.1 Å². The third-order valence-electron chi connectivity index (χ3n) is 5.04. The van der Waals surface area contributed by atoms with Crippen molar-refractivity contribution in [2.45, 2.75) is 52.6 Å². The summed E-state index contributed by atoms with van der Waals surface area (Å²) >= 11 is 6.35. The molecule has 1 atom stereocenters. The molecular formula is C25H31ClO4. The first-order chi connectivity index (χ1) is 14.5. The van der Waals surface area contributed by atoms with Crippen LogP contribution in [0.15, 0.2) is 42.5 Å². The maximum absolute atomic E-state index is 11.5. The van der Waals surface area contributed by atoms with Crippen LogP contribution in [0.3, 0.4) is 0 Å². The first-order valence-electron chi connectivity index (χ1n) is 10.6. The van der Waals surface area contributed by atoms with Gasteiger partial charge in [0, 0.05) is 22.6 Å². The van der Waals surface area contributed by atoms with Crippen LogP contribution in [0.25, 0.3) is 0 Å². The summed E-state index contributed by atoms with van der Waals surface area (Å²) in [5.74, 6) is 1.14. The number of rotatable bonds is 14. The fourth-order valence-corrected chi connectivity index (χ4v) is 3.63. The van der Waals surface area contributed by atoms with Gasteiger partial charge in [-0.15, -0.1) is 0 Å². The molecule has 2 aromatic carbocycles. The molecule has 1 unspecified atom stereocenters. The minimum absolute atomic E-state index is 0.0696. The number of ketones is 1. The summed E-state index contributed by atoms with van der Waals surface area (Å²) in [7, 11) is 0. The minimum Gasteiger partial charge on any atom is -0.493 e. The van der Waals surface area contributed by atoms with Gasteiger partial charge >= 0.3 is 0 Å². The van der Waals surface area contributed by atoms with Crippen LogP contribution in [-0.4, -0.2) is 25.3 Å². The molecular weight excluding hydrogens is 400 g/mol. The van der Waals surface area contributed by atoms with Crippen LogP contribution in [-0.2, 0) is 22.6 Å². The number of carbonyl (C=O) groups is 2. The predicted octanol–water partition coefficient (Wildman–Crippen LogP) is 6.08. The van der Waals surface area contributed by atoms with Crippen molar-refractivity contribution in [3.05, 3.63) is 64.2 Å². The maximum Gasteiger partial charge on any atom is 0.159 e. The fourth-order valence-electron chi connectivity index (χ4n) is 3.41. The van der Waals surface area contributed by atoms with E-state index in [9.17, 15) is 9.59 Å². The molecule has 30 heavy (non-hydrogen) atoms. The highest BCUT2D eigenvalue weighted by Gasteiger charge is 2.13. The van der Waals surface area contributed by atoms with Crippen molar-refractivity contribution in [3.63, 3.8) is 0 Å². The van der Waals surface area contributed by atoms with Crippen LogP contribution >= 0.6 is 11.6 Å². The van der Waals surface area contributed by atoms with Gasteiger partial charge in [-0.3, -0.25) is 4.79 Å². The van der Waals surface area contributed by atoms with Crippen molar-refractivity contribution >= 4 is 23.7 Å². The normalized spacial score (nSPS) is 11.8.